The Hall–Kier alpha value is -1.43. The van der Waals surface area contributed by atoms with Crippen LogP contribution >= 0.6 is 0 Å². The number of carbonyl (C=O) groups is 3. The van der Waals surface area contributed by atoms with Gasteiger partial charge >= 0.3 is 5.97 Å². The second-order valence-electron chi connectivity index (χ2n) is 15.4. The molecule has 10 nitrogen and oxygen atoms in total. The minimum atomic E-state index is -3.04. The lowest BCUT2D eigenvalue weighted by atomic mass is 9.91. The summed E-state index contributed by atoms with van der Waals surface area (Å²) in [4.78, 5) is 39.5. The Morgan fingerprint density at radius 1 is 0.596 bits per heavy atom. The van der Waals surface area contributed by atoms with Crippen LogP contribution in [-0.2, 0) is 23.9 Å². The lowest BCUT2D eigenvalue weighted by Crippen LogP contribution is -2.57. The van der Waals surface area contributed by atoms with Crippen LogP contribution in [0.5, 0.6) is 0 Å². The van der Waals surface area contributed by atoms with Crippen LogP contribution in [0.25, 0.3) is 0 Å². The van der Waals surface area contributed by atoms with Crippen molar-refractivity contribution in [2.45, 2.75) is 249 Å². The number of carbonyl (C=O) groups excluding carboxylic acids is 3. The molecule has 1 saturated heterocycles. The van der Waals surface area contributed by atoms with Crippen molar-refractivity contribution < 1.29 is 49.4 Å². The Morgan fingerprint density at radius 2 is 0.942 bits per heavy atom. The Balaban J connectivity index is 2.84. The predicted octanol–water partition coefficient (Wildman–Crippen LogP) is 8.29. The average Bonchev–Trinajstić information content (AvgIpc) is 3.37. The molecule has 1 rings (SSSR count). The zero-order valence-electron chi connectivity index (χ0n) is 33.3. The Labute approximate surface area is 315 Å². The van der Waals surface area contributed by atoms with E-state index >= 15 is 0 Å². The zero-order valence-corrected chi connectivity index (χ0v) is 33.3. The largest absolute Gasteiger partial charge is 0.422 e. The molecule has 0 amide bonds. The van der Waals surface area contributed by atoms with E-state index in [9.17, 15) is 39.9 Å². The lowest BCUT2D eigenvalue weighted by Gasteiger charge is -2.34. The molecule has 10 heteroatoms. The fourth-order valence-electron chi connectivity index (χ4n) is 7.12. The van der Waals surface area contributed by atoms with Gasteiger partial charge in [-0.05, 0) is 19.3 Å². The van der Waals surface area contributed by atoms with Crippen molar-refractivity contribution in [2.75, 3.05) is 0 Å². The van der Waals surface area contributed by atoms with Crippen LogP contribution in [0.3, 0.4) is 0 Å². The molecule has 1 aliphatic heterocycles. The van der Waals surface area contributed by atoms with Crippen LogP contribution in [0, 0.1) is 0 Å². The lowest BCUT2D eigenvalue weighted by molar-refractivity contribution is -0.306. The number of hydrogen-bond acceptors (Lipinski definition) is 10. The number of Topliss-reactive ketones (excluding diaryl/α,β-unsaturated/α-hetero) is 2. The van der Waals surface area contributed by atoms with Gasteiger partial charge in [-0.25, -0.2) is 0 Å². The van der Waals surface area contributed by atoms with Crippen molar-refractivity contribution in [3.8, 4) is 0 Å². The molecule has 306 valence electrons. The van der Waals surface area contributed by atoms with Crippen molar-refractivity contribution in [1.29, 1.82) is 0 Å². The van der Waals surface area contributed by atoms with Gasteiger partial charge in [0.1, 0.15) is 12.2 Å². The highest BCUT2D eigenvalue weighted by atomic mass is 16.7. The van der Waals surface area contributed by atoms with Crippen LogP contribution in [0.2, 0.25) is 0 Å². The molecule has 1 heterocycles. The van der Waals surface area contributed by atoms with E-state index in [-0.39, 0.29) is 19.3 Å². The van der Waals surface area contributed by atoms with Gasteiger partial charge in [0.25, 0.3) is 5.79 Å². The molecule has 5 N–H and O–H groups in total. The summed E-state index contributed by atoms with van der Waals surface area (Å²) in [5, 5.41) is 55.6. The average molecular weight is 743 g/mol. The van der Waals surface area contributed by atoms with Gasteiger partial charge in [-0.3, -0.25) is 14.4 Å². The summed E-state index contributed by atoms with van der Waals surface area (Å²) >= 11 is 0. The van der Waals surface area contributed by atoms with Crippen LogP contribution in [0.4, 0.5) is 0 Å². The third kappa shape index (κ3) is 18.3. The Kier molecular flexibility index (Phi) is 27.0. The number of unbranched alkanes of at least 4 members (excludes halogenated alkanes) is 24. The highest BCUT2D eigenvalue weighted by Crippen LogP contribution is 2.39. The van der Waals surface area contributed by atoms with Crippen molar-refractivity contribution in [1.82, 2.24) is 0 Å². The Bertz CT molecular complexity index is 944. The second kappa shape index (κ2) is 28.9. The maximum absolute atomic E-state index is 13.6. The molecular formula is C42H78O10. The van der Waals surface area contributed by atoms with Gasteiger partial charge in [0.2, 0.25) is 11.6 Å². The van der Waals surface area contributed by atoms with E-state index < -0.39 is 53.5 Å². The summed E-state index contributed by atoms with van der Waals surface area (Å²) in [6, 6.07) is 0. The predicted molar refractivity (Wildman–Crippen MR) is 204 cm³/mol. The van der Waals surface area contributed by atoms with Crippen LogP contribution < -0.4 is 0 Å². The van der Waals surface area contributed by atoms with Gasteiger partial charge in [-0.1, -0.05) is 175 Å². The Morgan fingerprint density at radius 3 is 1.35 bits per heavy atom. The molecule has 0 spiro atoms. The number of aliphatic hydroxyl groups is 5. The van der Waals surface area contributed by atoms with E-state index in [4.69, 9.17) is 9.47 Å². The van der Waals surface area contributed by atoms with Crippen molar-refractivity contribution >= 4 is 17.5 Å². The smallest absolute Gasteiger partial charge is 0.308 e. The molecule has 52 heavy (non-hydrogen) atoms. The molecule has 0 aliphatic carbocycles. The van der Waals surface area contributed by atoms with Crippen molar-refractivity contribution in [3.05, 3.63) is 0 Å². The molecule has 6 atom stereocenters. The monoisotopic (exact) mass is 743 g/mol. The number of rotatable bonds is 35. The molecule has 0 aromatic heterocycles. The van der Waals surface area contributed by atoms with Gasteiger partial charge in [-0.2, -0.15) is 0 Å². The van der Waals surface area contributed by atoms with Crippen molar-refractivity contribution in [3.63, 3.8) is 0 Å². The molecule has 1 fully saturated rings. The summed E-state index contributed by atoms with van der Waals surface area (Å²) in [5.41, 5.74) is 0. The summed E-state index contributed by atoms with van der Waals surface area (Å²) in [7, 11) is 0. The molecule has 1 aliphatic rings. The summed E-state index contributed by atoms with van der Waals surface area (Å²) in [6.07, 6.45) is 18.0. The number of hydrogen-bond donors (Lipinski definition) is 5. The molecule has 0 aromatic rings. The minimum absolute atomic E-state index is 0.0844. The fraction of sp³-hybridized carbons (Fsp3) is 0.929. The maximum atomic E-state index is 13.6. The molecule has 0 radical (unpaired) electrons. The first-order valence-corrected chi connectivity index (χ1v) is 21.4. The van der Waals surface area contributed by atoms with Crippen molar-refractivity contribution in [2.24, 2.45) is 0 Å². The van der Waals surface area contributed by atoms with Gasteiger partial charge in [0.05, 0.1) is 0 Å². The van der Waals surface area contributed by atoms with Gasteiger partial charge in [0, 0.05) is 19.3 Å². The van der Waals surface area contributed by atoms with E-state index in [0.29, 0.717) is 25.7 Å². The van der Waals surface area contributed by atoms with E-state index in [1.54, 1.807) is 0 Å². The second-order valence-corrected chi connectivity index (χ2v) is 15.4. The quantitative estimate of drug-likeness (QED) is 0.0242. The maximum Gasteiger partial charge on any atom is 0.308 e. The first-order chi connectivity index (χ1) is 25.0. The molecule has 2 unspecified atom stereocenters. The van der Waals surface area contributed by atoms with Gasteiger partial charge in [0.15, 0.2) is 18.0 Å². The minimum Gasteiger partial charge on any atom is -0.422 e. The van der Waals surface area contributed by atoms with Crippen LogP contribution in [0.1, 0.15) is 213 Å². The van der Waals surface area contributed by atoms with E-state index in [0.717, 1.165) is 77.0 Å². The first-order valence-electron chi connectivity index (χ1n) is 21.4. The summed E-state index contributed by atoms with van der Waals surface area (Å²) < 4.78 is 10.8. The molecule has 0 aromatic carbocycles. The normalized spacial score (nSPS) is 22.0. The SMILES string of the molecule is CCCCCCCCCCCC(=O)O[C@](O)(C(=O)CCCCCCCCCCC)C1O[C@@](O)(C(O)C(=O)CCCCCCCCCCC)[C@@H](O)[C@@H]1O. The van der Waals surface area contributed by atoms with Crippen LogP contribution in [-0.4, -0.2) is 79.1 Å². The van der Waals surface area contributed by atoms with E-state index in [1.807, 2.05) is 0 Å². The van der Waals surface area contributed by atoms with E-state index in [2.05, 4.69) is 20.8 Å². The number of aliphatic hydroxyl groups excluding tert-OH is 3. The molecular weight excluding hydrogens is 664 g/mol. The highest BCUT2D eigenvalue weighted by Gasteiger charge is 2.66. The number of ether oxygens (including phenoxy) is 2. The zero-order chi connectivity index (χ0) is 38.7. The number of ketones is 2. The standard InChI is InChI=1S/C42H78O10/c1-4-7-10-13-16-19-22-25-28-31-34(43)38(47)42(50)39(48)37(46)40(52-42)41(49,35(44)32-29-26-23-20-17-14-11-8-5-2)51-36(45)33-30-27-24-21-18-15-12-9-6-3/h37-40,46-50H,4-33H2,1-3H3/t37-,38?,39-,40?,41+,42-/m0/s1. The third-order valence-corrected chi connectivity index (χ3v) is 10.6. The number of esters is 1. The molecule has 0 saturated carbocycles. The third-order valence-electron chi connectivity index (χ3n) is 10.6. The first kappa shape index (κ1) is 48.6. The summed E-state index contributed by atoms with van der Waals surface area (Å²) in [6.45, 7) is 6.52. The highest BCUT2D eigenvalue weighted by molar-refractivity contribution is 5.89. The van der Waals surface area contributed by atoms with Crippen LogP contribution in [0.15, 0.2) is 0 Å². The summed E-state index contributed by atoms with van der Waals surface area (Å²) in [5.74, 6) is -8.68. The topological polar surface area (TPSA) is 171 Å². The fourth-order valence-corrected chi connectivity index (χ4v) is 7.12. The van der Waals surface area contributed by atoms with Gasteiger partial charge in [-0.15, -0.1) is 0 Å². The molecule has 0 bridgehead atoms. The van der Waals surface area contributed by atoms with Gasteiger partial charge < -0.3 is 35.0 Å². The van der Waals surface area contributed by atoms with E-state index in [1.165, 1.54) is 70.6 Å².